The van der Waals surface area contributed by atoms with Crippen molar-refractivity contribution >= 4 is 22.3 Å². The zero-order chi connectivity index (χ0) is 13.3. The van der Waals surface area contributed by atoms with E-state index in [0.29, 0.717) is 23.9 Å². The number of piperidine rings is 1. The van der Waals surface area contributed by atoms with Crippen molar-refractivity contribution in [3.63, 3.8) is 0 Å². The number of carbonyl (C=O) groups is 1. The fourth-order valence-electron chi connectivity index (χ4n) is 1.97. The molecule has 0 spiro atoms. The molecular weight excluding hydrogens is 265 g/mol. The standard InChI is InChI=1S/C11H13F3N2OS/c1-7(17)9-6-18-10(15-9)16-4-2-8(3-5-16)11(12,13)14/h6,8H,2-5H2,1H3. The minimum Gasteiger partial charge on any atom is -0.348 e. The number of anilines is 1. The van der Waals surface area contributed by atoms with E-state index in [9.17, 15) is 18.0 Å². The van der Waals surface area contributed by atoms with Gasteiger partial charge in [-0.15, -0.1) is 11.3 Å². The van der Waals surface area contributed by atoms with E-state index >= 15 is 0 Å². The first-order chi connectivity index (χ1) is 8.38. The van der Waals surface area contributed by atoms with Gasteiger partial charge in [0.15, 0.2) is 10.9 Å². The molecule has 0 radical (unpaired) electrons. The number of carbonyl (C=O) groups excluding carboxylic acids is 1. The fraction of sp³-hybridized carbons (Fsp3) is 0.636. The summed E-state index contributed by atoms with van der Waals surface area (Å²) in [5.41, 5.74) is 0.382. The predicted molar refractivity (Wildman–Crippen MR) is 63.1 cm³/mol. The number of Topliss-reactive ketones (excluding diaryl/α,β-unsaturated/α-hetero) is 1. The Hall–Kier alpha value is -1.11. The van der Waals surface area contributed by atoms with E-state index in [4.69, 9.17) is 0 Å². The number of ketones is 1. The zero-order valence-electron chi connectivity index (χ0n) is 9.83. The maximum absolute atomic E-state index is 12.5. The van der Waals surface area contributed by atoms with Gasteiger partial charge < -0.3 is 4.90 Å². The summed E-state index contributed by atoms with van der Waals surface area (Å²) in [5.74, 6) is -1.33. The predicted octanol–water partition coefficient (Wildman–Crippen LogP) is 3.12. The van der Waals surface area contributed by atoms with Gasteiger partial charge >= 0.3 is 6.18 Å². The SMILES string of the molecule is CC(=O)c1csc(N2CCC(C(F)(F)F)CC2)n1. The summed E-state index contributed by atoms with van der Waals surface area (Å²) in [7, 11) is 0. The highest BCUT2D eigenvalue weighted by Crippen LogP contribution is 2.35. The molecule has 0 N–H and O–H groups in total. The summed E-state index contributed by atoms with van der Waals surface area (Å²) in [6.07, 6.45) is -3.91. The van der Waals surface area contributed by atoms with Crippen LogP contribution in [0.1, 0.15) is 30.3 Å². The molecule has 0 aliphatic carbocycles. The first kappa shape index (κ1) is 13.3. The molecule has 1 aromatic rings. The molecule has 0 unspecified atom stereocenters. The van der Waals surface area contributed by atoms with Crippen LogP contribution in [-0.2, 0) is 0 Å². The van der Waals surface area contributed by atoms with E-state index in [1.54, 1.807) is 5.38 Å². The van der Waals surface area contributed by atoms with Crippen molar-refractivity contribution in [1.29, 1.82) is 0 Å². The van der Waals surface area contributed by atoms with Gasteiger partial charge in [-0.2, -0.15) is 13.2 Å². The second kappa shape index (κ2) is 4.87. The lowest BCUT2D eigenvalue weighted by molar-refractivity contribution is -0.179. The number of alkyl halides is 3. The van der Waals surface area contributed by atoms with Gasteiger partial charge in [-0.25, -0.2) is 4.98 Å². The van der Waals surface area contributed by atoms with Crippen LogP contribution in [0.3, 0.4) is 0 Å². The summed E-state index contributed by atoms with van der Waals surface area (Å²) in [6.45, 7) is 2.11. The molecule has 0 amide bonds. The van der Waals surface area contributed by atoms with Crippen molar-refractivity contribution in [2.45, 2.75) is 25.9 Å². The number of thiazole rings is 1. The molecule has 0 aromatic carbocycles. The largest absolute Gasteiger partial charge is 0.391 e. The van der Waals surface area contributed by atoms with E-state index in [0.717, 1.165) is 0 Å². The van der Waals surface area contributed by atoms with Gasteiger partial charge in [-0.3, -0.25) is 4.79 Å². The Morgan fingerprint density at radius 2 is 2.06 bits per heavy atom. The summed E-state index contributed by atoms with van der Waals surface area (Å²) in [6, 6.07) is 0. The van der Waals surface area contributed by atoms with Crippen molar-refractivity contribution < 1.29 is 18.0 Å². The van der Waals surface area contributed by atoms with Gasteiger partial charge in [0, 0.05) is 25.4 Å². The van der Waals surface area contributed by atoms with Crippen molar-refractivity contribution in [3.8, 4) is 0 Å². The van der Waals surface area contributed by atoms with Crippen LogP contribution in [0.2, 0.25) is 0 Å². The Labute approximate surface area is 107 Å². The van der Waals surface area contributed by atoms with E-state index in [-0.39, 0.29) is 18.6 Å². The molecule has 18 heavy (non-hydrogen) atoms. The van der Waals surface area contributed by atoms with Gasteiger partial charge in [-0.05, 0) is 12.8 Å². The average Bonchev–Trinajstić information content (AvgIpc) is 2.77. The Kier molecular flexibility index (Phi) is 3.61. The molecule has 1 saturated heterocycles. The van der Waals surface area contributed by atoms with Crippen LogP contribution in [0.25, 0.3) is 0 Å². The Bertz CT molecular complexity index is 436. The van der Waals surface area contributed by atoms with Crippen LogP contribution in [0.5, 0.6) is 0 Å². The number of halogens is 3. The molecule has 1 aromatic heterocycles. The molecule has 2 heterocycles. The molecule has 1 aliphatic heterocycles. The van der Waals surface area contributed by atoms with Crippen molar-refractivity contribution in [2.75, 3.05) is 18.0 Å². The Morgan fingerprint density at radius 1 is 1.44 bits per heavy atom. The maximum Gasteiger partial charge on any atom is 0.391 e. The topological polar surface area (TPSA) is 33.2 Å². The molecule has 1 aliphatic rings. The van der Waals surface area contributed by atoms with Crippen LogP contribution in [-0.4, -0.2) is 30.0 Å². The molecule has 100 valence electrons. The number of aromatic nitrogens is 1. The second-order valence-corrected chi connectivity index (χ2v) is 5.21. The molecule has 1 fully saturated rings. The number of hydrogen-bond acceptors (Lipinski definition) is 4. The van der Waals surface area contributed by atoms with Crippen molar-refractivity contribution in [3.05, 3.63) is 11.1 Å². The summed E-state index contributed by atoms with van der Waals surface area (Å²) < 4.78 is 37.5. The van der Waals surface area contributed by atoms with Crippen LogP contribution >= 0.6 is 11.3 Å². The van der Waals surface area contributed by atoms with Crippen LogP contribution in [0, 0.1) is 5.92 Å². The highest BCUT2D eigenvalue weighted by atomic mass is 32.1. The molecular formula is C11H13F3N2OS. The smallest absolute Gasteiger partial charge is 0.348 e. The third-order valence-corrected chi connectivity index (χ3v) is 3.98. The molecule has 2 rings (SSSR count). The fourth-order valence-corrected chi connectivity index (χ4v) is 2.89. The average molecular weight is 278 g/mol. The summed E-state index contributed by atoms with van der Waals surface area (Å²) in [4.78, 5) is 17.1. The number of hydrogen-bond donors (Lipinski definition) is 0. The van der Waals surface area contributed by atoms with Crippen molar-refractivity contribution in [2.24, 2.45) is 5.92 Å². The summed E-state index contributed by atoms with van der Waals surface area (Å²) >= 11 is 1.31. The molecule has 0 saturated carbocycles. The third-order valence-electron chi connectivity index (χ3n) is 3.08. The van der Waals surface area contributed by atoms with Crippen LogP contribution < -0.4 is 4.90 Å². The molecule has 0 bridgehead atoms. The minimum atomic E-state index is -4.10. The maximum atomic E-state index is 12.5. The molecule has 3 nitrogen and oxygen atoms in total. The lowest BCUT2D eigenvalue weighted by Gasteiger charge is -2.32. The summed E-state index contributed by atoms with van der Waals surface area (Å²) in [5, 5.41) is 2.29. The first-order valence-electron chi connectivity index (χ1n) is 5.66. The van der Waals surface area contributed by atoms with Gasteiger partial charge in [-0.1, -0.05) is 0 Å². The van der Waals surface area contributed by atoms with Crippen molar-refractivity contribution in [1.82, 2.24) is 4.98 Å². The Balaban J connectivity index is 1.99. The van der Waals surface area contributed by atoms with Gasteiger partial charge in [0.05, 0.1) is 5.92 Å². The minimum absolute atomic E-state index is 0.0957. The third kappa shape index (κ3) is 2.82. The van der Waals surface area contributed by atoms with Gasteiger partial charge in [0.2, 0.25) is 0 Å². The van der Waals surface area contributed by atoms with Crippen LogP contribution in [0.15, 0.2) is 5.38 Å². The van der Waals surface area contributed by atoms with Gasteiger partial charge in [0.25, 0.3) is 0 Å². The monoisotopic (exact) mass is 278 g/mol. The van der Waals surface area contributed by atoms with E-state index in [1.165, 1.54) is 18.3 Å². The lowest BCUT2D eigenvalue weighted by Crippen LogP contribution is -2.39. The molecule has 7 heteroatoms. The Morgan fingerprint density at radius 3 is 2.50 bits per heavy atom. The van der Waals surface area contributed by atoms with Gasteiger partial charge in [0.1, 0.15) is 5.69 Å². The molecule has 0 atom stereocenters. The van der Waals surface area contributed by atoms with E-state index in [1.807, 2.05) is 4.90 Å². The normalized spacial score (nSPS) is 18.1. The highest BCUT2D eigenvalue weighted by Gasteiger charge is 2.41. The number of rotatable bonds is 2. The first-order valence-corrected chi connectivity index (χ1v) is 6.54. The van der Waals surface area contributed by atoms with E-state index in [2.05, 4.69) is 4.98 Å². The van der Waals surface area contributed by atoms with E-state index < -0.39 is 12.1 Å². The zero-order valence-corrected chi connectivity index (χ0v) is 10.6. The number of nitrogens with zero attached hydrogens (tertiary/aromatic N) is 2. The van der Waals surface area contributed by atoms with Crippen LogP contribution in [0.4, 0.5) is 18.3 Å². The quantitative estimate of drug-likeness (QED) is 0.779. The lowest BCUT2D eigenvalue weighted by atomic mass is 9.97. The second-order valence-electron chi connectivity index (χ2n) is 4.37. The highest BCUT2D eigenvalue weighted by molar-refractivity contribution is 7.13.